The molecule has 4 nitrogen and oxygen atoms in total. The van der Waals surface area contributed by atoms with Gasteiger partial charge in [-0.05, 0) is 39.7 Å². The first kappa shape index (κ1) is 12.2. The van der Waals surface area contributed by atoms with Crippen LogP contribution in [-0.4, -0.2) is 24.5 Å². The number of amides is 1. The lowest BCUT2D eigenvalue weighted by Crippen LogP contribution is -2.48. The molecule has 0 bridgehead atoms. The van der Waals surface area contributed by atoms with E-state index in [4.69, 9.17) is 5.84 Å². The Morgan fingerprint density at radius 2 is 1.71 bits per heavy atom. The van der Waals surface area contributed by atoms with Gasteiger partial charge in [0, 0.05) is 7.05 Å². The van der Waals surface area contributed by atoms with Crippen LogP contribution in [0.1, 0.15) is 10.4 Å². The molecule has 21 heavy (non-hydrogen) atoms. The highest BCUT2D eigenvalue weighted by molar-refractivity contribution is 6.15. The van der Waals surface area contributed by atoms with Crippen molar-refractivity contribution in [3.63, 3.8) is 0 Å². The first-order chi connectivity index (χ1) is 10.1. The monoisotopic (exact) mass is 277 g/mol. The number of rotatable bonds is 0. The summed E-state index contributed by atoms with van der Waals surface area (Å²) in [6.45, 7) is 0.408. The van der Waals surface area contributed by atoms with E-state index in [0.717, 1.165) is 21.8 Å². The molecule has 4 heteroatoms. The molecule has 1 heterocycles. The van der Waals surface area contributed by atoms with Crippen molar-refractivity contribution in [1.29, 1.82) is 0 Å². The normalized spacial score (nSPS) is 14.9. The molecule has 0 radical (unpaired) electrons. The van der Waals surface area contributed by atoms with Gasteiger partial charge in [0.15, 0.2) is 0 Å². The molecule has 4 rings (SSSR count). The summed E-state index contributed by atoms with van der Waals surface area (Å²) >= 11 is 0. The second-order valence-corrected chi connectivity index (χ2v) is 5.49. The molecule has 1 aliphatic rings. The average Bonchev–Trinajstić information content (AvgIpc) is 2.49. The number of anilines is 1. The van der Waals surface area contributed by atoms with Crippen LogP contribution in [0.4, 0.5) is 5.69 Å². The van der Waals surface area contributed by atoms with Gasteiger partial charge in [0.1, 0.15) is 6.67 Å². The van der Waals surface area contributed by atoms with Crippen molar-refractivity contribution in [2.45, 2.75) is 0 Å². The molecular formula is C17H15N3O. The Kier molecular flexibility index (Phi) is 2.43. The van der Waals surface area contributed by atoms with Crippen LogP contribution in [0.3, 0.4) is 0 Å². The number of nitrogens with two attached hydrogens (primary N) is 1. The largest absolute Gasteiger partial charge is 0.323 e. The molecule has 0 saturated heterocycles. The fourth-order valence-corrected chi connectivity index (χ4v) is 3.03. The van der Waals surface area contributed by atoms with Gasteiger partial charge in [0.2, 0.25) is 0 Å². The molecule has 3 aromatic rings. The first-order valence-electron chi connectivity index (χ1n) is 6.88. The Morgan fingerprint density at radius 1 is 1.00 bits per heavy atom. The van der Waals surface area contributed by atoms with Gasteiger partial charge in [-0.15, -0.1) is 0 Å². The molecule has 0 fully saturated rings. The molecular weight excluding hydrogens is 262 g/mol. The van der Waals surface area contributed by atoms with Crippen LogP contribution >= 0.6 is 0 Å². The number of hydrogen-bond acceptors (Lipinski definition) is 3. The maximum Gasteiger partial charge on any atom is 0.257 e. The zero-order valence-electron chi connectivity index (χ0n) is 11.7. The van der Waals surface area contributed by atoms with E-state index in [0.29, 0.717) is 12.2 Å². The van der Waals surface area contributed by atoms with E-state index in [1.165, 1.54) is 5.39 Å². The summed E-state index contributed by atoms with van der Waals surface area (Å²) in [6, 6.07) is 16.3. The topological polar surface area (TPSA) is 49.6 Å². The van der Waals surface area contributed by atoms with Gasteiger partial charge in [-0.25, -0.2) is 5.84 Å². The Bertz CT molecular complexity index is 888. The molecule has 0 spiro atoms. The third kappa shape index (κ3) is 1.69. The highest BCUT2D eigenvalue weighted by Gasteiger charge is 2.27. The molecule has 2 N–H and O–H groups in total. The maximum atomic E-state index is 12.6. The lowest BCUT2D eigenvalue weighted by atomic mass is 9.96. The van der Waals surface area contributed by atoms with Gasteiger partial charge in [-0.1, -0.05) is 30.3 Å². The zero-order chi connectivity index (χ0) is 14.6. The zero-order valence-corrected chi connectivity index (χ0v) is 11.7. The molecule has 3 aromatic carbocycles. The SMILES string of the molecule is CN1CN(N)c2ccc3cc4ccccc4cc3c2C1=O. The molecule has 0 aromatic heterocycles. The molecule has 104 valence electrons. The fraction of sp³-hybridized carbons (Fsp3) is 0.118. The minimum absolute atomic E-state index is 0.0209. The van der Waals surface area contributed by atoms with Crippen molar-refractivity contribution in [1.82, 2.24) is 4.90 Å². The van der Waals surface area contributed by atoms with Crippen molar-refractivity contribution in [2.75, 3.05) is 18.7 Å². The van der Waals surface area contributed by atoms with E-state index in [1.807, 2.05) is 24.3 Å². The summed E-state index contributed by atoms with van der Waals surface area (Å²) in [5.74, 6) is 6.06. The van der Waals surface area contributed by atoms with E-state index < -0.39 is 0 Å². The minimum atomic E-state index is 0.0209. The molecule has 0 saturated carbocycles. The Morgan fingerprint density at radius 3 is 2.48 bits per heavy atom. The third-order valence-corrected chi connectivity index (χ3v) is 4.10. The van der Waals surface area contributed by atoms with Gasteiger partial charge in [-0.2, -0.15) is 0 Å². The van der Waals surface area contributed by atoms with Gasteiger partial charge >= 0.3 is 0 Å². The number of fused-ring (bicyclic) bond motifs is 4. The van der Waals surface area contributed by atoms with Crippen molar-refractivity contribution in [3.05, 3.63) is 54.1 Å². The fourth-order valence-electron chi connectivity index (χ4n) is 3.03. The number of hydrogen-bond donors (Lipinski definition) is 1. The standard InChI is InChI=1S/C17H15N3O/c1-19-10-20(18)15-7-6-13-8-11-4-2-3-5-12(11)9-14(13)16(15)17(19)21/h2-9H,10,18H2,1H3. The Labute approximate surface area is 122 Å². The van der Waals surface area contributed by atoms with E-state index in [-0.39, 0.29) is 5.91 Å². The van der Waals surface area contributed by atoms with Crippen LogP contribution in [0, 0.1) is 0 Å². The first-order valence-corrected chi connectivity index (χ1v) is 6.88. The summed E-state index contributed by atoms with van der Waals surface area (Å²) in [6.07, 6.45) is 0. The van der Waals surface area contributed by atoms with Crippen molar-refractivity contribution >= 4 is 33.1 Å². The van der Waals surface area contributed by atoms with E-state index in [2.05, 4.69) is 24.3 Å². The predicted molar refractivity (Wildman–Crippen MR) is 85.1 cm³/mol. The van der Waals surface area contributed by atoms with Crippen LogP contribution in [0.5, 0.6) is 0 Å². The maximum absolute atomic E-state index is 12.6. The summed E-state index contributed by atoms with van der Waals surface area (Å²) in [7, 11) is 1.77. The van der Waals surface area contributed by atoms with Crippen molar-refractivity contribution in [3.8, 4) is 0 Å². The molecule has 0 unspecified atom stereocenters. The average molecular weight is 277 g/mol. The predicted octanol–water partition coefficient (Wildman–Crippen LogP) is 2.72. The van der Waals surface area contributed by atoms with Crippen LogP contribution < -0.4 is 10.9 Å². The van der Waals surface area contributed by atoms with Crippen LogP contribution in [0.15, 0.2) is 48.5 Å². The van der Waals surface area contributed by atoms with Crippen LogP contribution in [0.25, 0.3) is 21.5 Å². The minimum Gasteiger partial charge on any atom is -0.323 e. The van der Waals surface area contributed by atoms with Crippen LogP contribution in [-0.2, 0) is 0 Å². The van der Waals surface area contributed by atoms with Crippen LogP contribution in [0.2, 0.25) is 0 Å². The molecule has 0 atom stereocenters. The van der Waals surface area contributed by atoms with Gasteiger partial charge in [0.05, 0.1) is 11.3 Å². The Balaban J connectivity index is 2.12. The number of benzene rings is 3. The van der Waals surface area contributed by atoms with Crippen molar-refractivity contribution < 1.29 is 4.79 Å². The second kappa shape index (κ2) is 4.20. The number of hydrazine groups is 1. The van der Waals surface area contributed by atoms with Gasteiger partial charge in [0.25, 0.3) is 5.91 Å². The van der Waals surface area contributed by atoms with Gasteiger partial charge in [-0.3, -0.25) is 9.80 Å². The second-order valence-electron chi connectivity index (χ2n) is 5.49. The number of carbonyl (C=O) groups is 1. The summed E-state index contributed by atoms with van der Waals surface area (Å²) in [5, 5.41) is 5.93. The van der Waals surface area contributed by atoms with Gasteiger partial charge < -0.3 is 4.90 Å². The Hall–Kier alpha value is -2.59. The van der Waals surface area contributed by atoms with E-state index in [1.54, 1.807) is 17.0 Å². The molecule has 1 aliphatic heterocycles. The molecule has 0 aliphatic carbocycles. The smallest absolute Gasteiger partial charge is 0.257 e. The quantitative estimate of drug-likeness (QED) is 0.508. The highest BCUT2D eigenvalue weighted by Crippen LogP contribution is 2.34. The molecule has 1 amide bonds. The lowest BCUT2D eigenvalue weighted by Gasteiger charge is -2.33. The number of nitrogens with zero attached hydrogens (tertiary/aromatic N) is 2. The summed E-state index contributed by atoms with van der Waals surface area (Å²) in [5.41, 5.74) is 1.48. The lowest BCUT2D eigenvalue weighted by molar-refractivity contribution is 0.0784. The number of carbonyl (C=O) groups excluding carboxylic acids is 1. The summed E-state index contributed by atoms with van der Waals surface area (Å²) in [4.78, 5) is 14.2. The highest BCUT2D eigenvalue weighted by atomic mass is 16.2. The third-order valence-electron chi connectivity index (χ3n) is 4.10. The summed E-state index contributed by atoms with van der Waals surface area (Å²) < 4.78 is 0. The van der Waals surface area contributed by atoms with Crippen molar-refractivity contribution in [2.24, 2.45) is 5.84 Å². The van der Waals surface area contributed by atoms with E-state index >= 15 is 0 Å². The van der Waals surface area contributed by atoms with E-state index in [9.17, 15) is 4.79 Å².